The minimum atomic E-state index is -0.208. The highest BCUT2D eigenvalue weighted by Gasteiger charge is 2.13. The van der Waals surface area contributed by atoms with Gasteiger partial charge < -0.3 is 10.4 Å². The van der Waals surface area contributed by atoms with E-state index in [2.05, 4.69) is 15.5 Å². The van der Waals surface area contributed by atoms with Crippen molar-refractivity contribution in [2.75, 3.05) is 5.32 Å². The maximum absolute atomic E-state index is 12.1. The van der Waals surface area contributed by atoms with Crippen LogP contribution in [0, 0.1) is 20.8 Å². The lowest BCUT2D eigenvalue weighted by molar-refractivity contribution is 0.102. The van der Waals surface area contributed by atoms with Crippen molar-refractivity contribution in [1.82, 2.24) is 10.2 Å². The molecule has 2 rings (SSSR count). The number of aromatic hydroxyl groups is 1. The summed E-state index contributed by atoms with van der Waals surface area (Å²) >= 11 is 0. The molecule has 0 unspecified atom stereocenters. The Morgan fingerprint density at radius 3 is 2.61 bits per heavy atom. The number of aryl methyl sites for hydroxylation is 3. The number of aromatic nitrogens is 2. The number of carbonyl (C=O) groups excluding carboxylic acids is 1. The zero-order valence-corrected chi connectivity index (χ0v) is 10.5. The first-order valence-corrected chi connectivity index (χ1v) is 5.61. The van der Waals surface area contributed by atoms with E-state index >= 15 is 0 Å². The highest BCUT2D eigenvalue weighted by atomic mass is 16.3. The van der Waals surface area contributed by atoms with Crippen LogP contribution >= 0.6 is 0 Å². The average molecular weight is 245 g/mol. The molecule has 0 aliphatic rings. The lowest BCUT2D eigenvalue weighted by Gasteiger charge is -2.08. The standard InChI is InChI=1S/C13H15N3O2/c1-7-6-10(17)4-5-11(7)13(18)14-12-8(2)15-16-9(12)3/h4-6,17H,1-3H3,(H,14,18)(H,15,16). The molecule has 0 spiro atoms. The van der Waals surface area contributed by atoms with Gasteiger partial charge in [-0.2, -0.15) is 5.10 Å². The van der Waals surface area contributed by atoms with Gasteiger partial charge in [-0.15, -0.1) is 0 Å². The molecule has 0 saturated heterocycles. The number of hydrogen-bond acceptors (Lipinski definition) is 3. The number of phenols is 1. The number of nitrogens with zero attached hydrogens (tertiary/aromatic N) is 1. The zero-order valence-electron chi connectivity index (χ0n) is 10.5. The number of anilines is 1. The van der Waals surface area contributed by atoms with Gasteiger partial charge in [0, 0.05) is 5.56 Å². The number of nitrogens with one attached hydrogen (secondary N) is 2. The molecule has 2 aromatic rings. The second kappa shape index (κ2) is 4.52. The molecule has 3 N–H and O–H groups in total. The fourth-order valence-corrected chi connectivity index (χ4v) is 1.82. The van der Waals surface area contributed by atoms with E-state index in [1.54, 1.807) is 19.1 Å². The van der Waals surface area contributed by atoms with Crippen LogP contribution in [0.4, 0.5) is 5.69 Å². The Morgan fingerprint density at radius 1 is 1.33 bits per heavy atom. The van der Waals surface area contributed by atoms with E-state index in [4.69, 9.17) is 0 Å². The molecular formula is C13H15N3O2. The molecule has 5 heteroatoms. The molecule has 0 radical (unpaired) electrons. The lowest BCUT2D eigenvalue weighted by atomic mass is 10.1. The molecule has 0 aliphatic heterocycles. The lowest BCUT2D eigenvalue weighted by Crippen LogP contribution is -2.14. The van der Waals surface area contributed by atoms with Crippen LogP contribution in [0.1, 0.15) is 27.3 Å². The number of amides is 1. The van der Waals surface area contributed by atoms with Gasteiger partial charge >= 0.3 is 0 Å². The van der Waals surface area contributed by atoms with E-state index in [0.29, 0.717) is 11.3 Å². The summed E-state index contributed by atoms with van der Waals surface area (Å²) in [4.78, 5) is 12.1. The van der Waals surface area contributed by atoms with E-state index in [1.165, 1.54) is 6.07 Å². The summed E-state index contributed by atoms with van der Waals surface area (Å²) in [6.45, 7) is 5.45. The highest BCUT2D eigenvalue weighted by Crippen LogP contribution is 2.20. The van der Waals surface area contributed by atoms with Crippen molar-refractivity contribution >= 4 is 11.6 Å². The third kappa shape index (κ3) is 2.20. The molecule has 0 saturated carbocycles. The molecule has 0 bridgehead atoms. The fourth-order valence-electron chi connectivity index (χ4n) is 1.82. The molecule has 18 heavy (non-hydrogen) atoms. The Morgan fingerprint density at radius 2 is 2.06 bits per heavy atom. The Labute approximate surface area is 105 Å². The van der Waals surface area contributed by atoms with Crippen molar-refractivity contribution < 1.29 is 9.90 Å². The van der Waals surface area contributed by atoms with Crippen molar-refractivity contribution in [2.24, 2.45) is 0 Å². The molecule has 1 heterocycles. The molecule has 1 amide bonds. The molecule has 0 fully saturated rings. The summed E-state index contributed by atoms with van der Waals surface area (Å²) in [5, 5.41) is 19.0. The first-order valence-electron chi connectivity index (χ1n) is 5.61. The Hall–Kier alpha value is -2.30. The molecule has 1 aromatic carbocycles. The van der Waals surface area contributed by atoms with Crippen LogP contribution in [-0.4, -0.2) is 21.2 Å². The van der Waals surface area contributed by atoms with Gasteiger partial charge in [0.1, 0.15) is 5.75 Å². The normalized spacial score (nSPS) is 10.4. The molecule has 0 atom stereocenters. The van der Waals surface area contributed by atoms with Gasteiger partial charge in [0.2, 0.25) is 0 Å². The van der Waals surface area contributed by atoms with Gasteiger partial charge in [-0.3, -0.25) is 9.89 Å². The monoisotopic (exact) mass is 245 g/mol. The minimum Gasteiger partial charge on any atom is -0.508 e. The van der Waals surface area contributed by atoms with E-state index in [9.17, 15) is 9.90 Å². The van der Waals surface area contributed by atoms with Crippen LogP contribution in [0.2, 0.25) is 0 Å². The van der Waals surface area contributed by atoms with E-state index in [0.717, 1.165) is 17.0 Å². The quantitative estimate of drug-likeness (QED) is 0.759. The predicted octanol–water partition coefficient (Wildman–Crippen LogP) is 2.29. The van der Waals surface area contributed by atoms with Crippen LogP contribution in [0.25, 0.3) is 0 Å². The van der Waals surface area contributed by atoms with Crippen LogP contribution in [0.5, 0.6) is 5.75 Å². The predicted molar refractivity (Wildman–Crippen MR) is 68.9 cm³/mol. The summed E-state index contributed by atoms with van der Waals surface area (Å²) in [6.07, 6.45) is 0. The first-order chi connectivity index (χ1) is 8.49. The number of H-pyrrole nitrogens is 1. The third-order valence-corrected chi connectivity index (χ3v) is 2.82. The van der Waals surface area contributed by atoms with Crippen LogP contribution in [0.3, 0.4) is 0 Å². The summed E-state index contributed by atoms with van der Waals surface area (Å²) in [6, 6.07) is 4.66. The number of aromatic amines is 1. The van der Waals surface area contributed by atoms with Gasteiger partial charge in [0.25, 0.3) is 5.91 Å². The van der Waals surface area contributed by atoms with E-state index in [1.807, 2.05) is 13.8 Å². The highest BCUT2D eigenvalue weighted by molar-refractivity contribution is 6.05. The van der Waals surface area contributed by atoms with Crippen LogP contribution in [0.15, 0.2) is 18.2 Å². The SMILES string of the molecule is Cc1cc(O)ccc1C(=O)Nc1c(C)n[nH]c1C. The molecule has 0 aliphatic carbocycles. The minimum absolute atomic E-state index is 0.153. The summed E-state index contributed by atoms with van der Waals surface area (Å²) in [7, 11) is 0. The summed E-state index contributed by atoms with van der Waals surface area (Å²) < 4.78 is 0. The number of hydrogen-bond donors (Lipinski definition) is 3. The van der Waals surface area contributed by atoms with Crippen LogP contribution < -0.4 is 5.32 Å². The molecule has 1 aromatic heterocycles. The Bertz CT molecular complexity index is 583. The van der Waals surface area contributed by atoms with Crippen molar-refractivity contribution in [3.05, 3.63) is 40.7 Å². The largest absolute Gasteiger partial charge is 0.508 e. The third-order valence-electron chi connectivity index (χ3n) is 2.82. The fraction of sp³-hybridized carbons (Fsp3) is 0.231. The van der Waals surface area contributed by atoms with Crippen molar-refractivity contribution in [1.29, 1.82) is 0 Å². The zero-order chi connectivity index (χ0) is 13.3. The number of carbonyl (C=O) groups is 1. The maximum Gasteiger partial charge on any atom is 0.256 e. The second-order valence-corrected chi connectivity index (χ2v) is 4.26. The van der Waals surface area contributed by atoms with E-state index in [-0.39, 0.29) is 11.7 Å². The Balaban J connectivity index is 2.28. The number of rotatable bonds is 2. The summed E-state index contributed by atoms with van der Waals surface area (Å²) in [5.41, 5.74) is 3.53. The van der Waals surface area contributed by atoms with Crippen molar-refractivity contribution in [3.63, 3.8) is 0 Å². The number of benzene rings is 1. The van der Waals surface area contributed by atoms with Gasteiger partial charge in [-0.1, -0.05) is 0 Å². The molecular weight excluding hydrogens is 230 g/mol. The van der Waals surface area contributed by atoms with Crippen LogP contribution in [-0.2, 0) is 0 Å². The smallest absolute Gasteiger partial charge is 0.256 e. The first kappa shape index (κ1) is 12.2. The van der Waals surface area contributed by atoms with Crippen molar-refractivity contribution in [2.45, 2.75) is 20.8 Å². The molecule has 94 valence electrons. The maximum atomic E-state index is 12.1. The second-order valence-electron chi connectivity index (χ2n) is 4.26. The van der Waals surface area contributed by atoms with Gasteiger partial charge in [0.05, 0.1) is 17.1 Å². The summed E-state index contributed by atoms with van der Waals surface area (Å²) in [5.74, 6) is -0.0557. The van der Waals surface area contributed by atoms with Gasteiger partial charge in [-0.05, 0) is 44.5 Å². The topological polar surface area (TPSA) is 78.0 Å². The number of phenolic OH excluding ortho intramolecular Hbond substituents is 1. The Kier molecular flexibility index (Phi) is 3.06. The van der Waals surface area contributed by atoms with Gasteiger partial charge in [0.15, 0.2) is 0 Å². The van der Waals surface area contributed by atoms with E-state index < -0.39 is 0 Å². The van der Waals surface area contributed by atoms with Gasteiger partial charge in [-0.25, -0.2) is 0 Å². The molecule has 5 nitrogen and oxygen atoms in total. The van der Waals surface area contributed by atoms with Crippen molar-refractivity contribution in [3.8, 4) is 5.75 Å². The average Bonchev–Trinajstić information content (AvgIpc) is 2.60.